The SMILES string of the molecule is C/C=C/c1cccc(-c2c(-c3ccc(C(C)=O)cc3)cc(C(C)=O)cc2-c2ccc(C(C)=O)cc2)n1. The smallest absolute Gasteiger partial charge is 0.159 e. The van der Waals surface area contributed by atoms with Gasteiger partial charge >= 0.3 is 0 Å². The van der Waals surface area contributed by atoms with E-state index in [1.165, 1.54) is 13.8 Å². The molecule has 4 nitrogen and oxygen atoms in total. The standard InChI is InChI=1S/C32H27NO3/c1-5-7-28-8-6-9-31(33-28)32-29(25-14-10-23(11-15-25)20(2)34)18-27(22(4)36)19-30(32)26-16-12-24(13-17-26)21(3)35/h5-19H,1-4H3/b7-5+. The third-order valence-corrected chi connectivity index (χ3v) is 6.11. The van der Waals surface area contributed by atoms with E-state index < -0.39 is 0 Å². The molecule has 0 aliphatic heterocycles. The maximum atomic E-state index is 12.6. The van der Waals surface area contributed by atoms with Crippen LogP contribution in [0.4, 0.5) is 0 Å². The van der Waals surface area contributed by atoms with Crippen molar-refractivity contribution < 1.29 is 14.4 Å². The number of hydrogen-bond acceptors (Lipinski definition) is 4. The molecule has 0 aliphatic carbocycles. The van der Waals surface area contributed by atoms with E-state index in [1.807, 2.05) is 73.7 Å². The van der Waals surface area contributed by atoms with Crippen molar-refractivity contribution in [2.45, 2.75) is 27.7 Å². The minimum absolute atomic E-state index is 0.00812. The van der Waals surface area contributed by atoms with Crippen molar-refractivity contribution in [1.29, 1.82) is 0 Å². The molecule has 0 saturated carbocycles. The number of ketones is 3. The fraction of sp³-hybridized carbons (Fsp3) is 0.125. The van der Waals surface area contributed by atoms with Crippen LogP contribution in [0.5, 0.6) is 0 Å². The first-order valence-electron chi connectivity index (χ1n) is 11.8. The molecule has 0 spiro atoms. The third kappa shape index (κ3) is 5.13. The van der Waals surface area contributed by atoms with Gasteiger partial charge in [0.2, 0.25) is 0 Å². The zero-order chi connectivity index (χ0) is 25.8. The van der Waals surface area contributed by atoms with Gasteiger partial charge in [0.05, 0.1) is 11.4 Å². The molecule has 0 radical (unpaired) electrons. The number of carbonyl (C=O) groups is 3. The predicted molar refractivity (Wildman–Crippen MR) is 145 cm³/mol. The summed E-state index contributed by atoms with van der Waals surface area (Å²) in [5, 5.41) is 0. The molecule has 4 rings (SSSR count). The summed E-state index contributed by atoms with van der Waals surface area (Å²) < 4.78 is 0. The first kappa shape index (κ1) is 24.7. The van der Waals surface area contributed by atoms with Crippen molar-refractivity contribution in [3.05, 3.63) is 107 Å². The molecule has 4 aromatic rings. The number of benzene rings is 3. The Morgan fingerprint density at radius 2 is 1.11 bits per heavy atom. The van der Waals surface area contributed by atoms with Crippen molar-refractivity contribution in [3.63, 3.8) is 0 Å². The van der Waals surface area contributed by atoms with E-state index in [4.69, 9.17) is 4.98 Å². The molecule has 0 bridgehead atoms. The normalized spacial score (nSPS) is 11.0. The summed E-state index contributed by atoms with van der Waals surface area (Å²) in [4.78, 5) is 41.2. The summed E-state index contributed by atoms with van der Waals surface area (Å²) in [6, 6.07) is 24.4. The molecule has 0 unspecified atom stereocenters. The van der Waals surface area contributed by atoms with Gasteiger partial charge in [-0.25, -0.2) is 4.98 Å². The summed E-state index contributed by atoms with van der Waals surface area (Å²) >= 11 is 0. The number of rotatable bonds is 7. The summed E-state index contributed by atoms with van der Waals surface area (Å²) in [7, 11) is 0. The Balaban J connectivity index is 2.06. The summed E-state index contributed by atoms with van der Waals surface area (Å²) in [6.45, 7) is 6.57. The molecule has 0 amide bonds. The fourth-order valence-corrected chi connectivity index (χ4v) is 4.20. The lowest BCUT2D eigenvalue weighted by atomic mass is 9.86. The fourth-order valence-electron chi connectivity index (χ4n) is 4.20. The largest absolute Gasteiger partial charge is 0.295 e. The van der Waals surface area contributed by atoms with Crippen LogP contribution in [0.25, 0.3) is 39.6 Å². The van der Waals surface area contributed by atoms with E-state index in [2.05, 4.69) is 0 Å². The van der Waals surface area contributed by atoms with Gasteiger partial charge in [-0.05, 0) is 80.3 Å². The third-order valence-electron chi connectivity index (χ3n) is 6.11. The number of pyridine rings is 1. The topological polar surface area (TPSA) is 64.1 Å². The second-order valence-electron chi connectivity index (χ2n) is 8.72. The van der Waals surface area contributed by atoms with Crippen molar-refractivity contribution in [2.75, 3.05) is 0 Å². The maximum absolute atomic E-state index is 12.6. The number of nitrogens with zero attached hydrogens (tertiary/aromatic N) is 1. The Hall–Kier alpha value is -4.44. The van der Waals surface area contributed by atoms with Crippen LogP contribution in [0.1, 0.15) is 64.5 Å². The van der Waals surface area contributed by atoms with Gasteiger partial charge in [-0.2, -0.15) is 0 Å². The Morgan fingerprint density at radius 1 is 0.639 bits per heavy atom. The number of aromatic nitrogens is 1. The van der Waals surface area contributed by atoms with E-state index in [0.29, 0.717) is 16.7 Å². The molecule has 3 aromatic carbocycles. The van der Waals surface area contributed by atoms with Crippen molar-refractivity contribution in [2.24, 2.45) is 0 Å². The van der Waals surface area contributed by atoms with E-state index >= 15 is 0 Å². The minimum Gasteiger partial charge on any atom is -0.295 e. The second-order valence-corrected chi connectivity index (χ2v) is 8.72. The predicted octanol–water partition coefficient (Wildman–Crippen LogP) is 7.72. The molecule has 0 saturated heterocycles. The van der Waals surface area contributed by atoms with Gasteiger partial charge in [0.25, 0.3) is 0 Å². The number of carbonyl (C=O) groups excluding carboxylic acids is 3. The van der Waals surface area contributed by atoms with Crippen LogP contribution in [-0.2, 0) is 0 Å². The zero-order valence-corrected chi connectivity index (χ0v) is 20.8. The lowest BCUT2D eigenvalue weighted by Crippen LogP contribution is -2.00. The summed E-state index contributed by atoms with van der Waals surface area (Å²) in [6.07, 6.45) is 3.88. The zero-order valence-electron chi connectivity index (χ0n) is 20.8. The van der Waals surface area contributed by atoms with Crippen molar-refractivity contribution >= 4 is 23.4 Å². The Labute approximate surface area is 211 Å². The summed E-state index contributed by atoms with van der Waals surface area (Å²) in [5.41, 5.74) is 7.70. The highest BCUT2D eigenvalue weighted by Gasteiger charge is 2.19. The molecular formula is C32H27NO3. The molecule has 1 heterocycles. The number of Topliss-reactive ketones (excluding diaryl/α,β-unsaturated/α-hetero) is 3. The lowest BCUT2D eigenvalue weighted by Gasteiger charge is -2.18. The van der Waals surface area contributed by atoms with Gasteiger partial charge in [-0.3, -0.25) is 14.4 Å². The monoisotopic (exact) mass is 473 g/mol. The van der Waals surface area contributed by atoms with Crippen molar-refractivity contribution in [3.8, 4) is 33.5 Å². The van der Waals surface area contributed by atoms with E-state index in [0.717, 1.165) is 39.2 Å². The van der Waals surface area contributed by atoms with Gasteiger partial charge in [0.1, 0.15) is 0 Å². The highest BCUT2D eigenvalue weighted by atomic mass is 16.1. The highest BCUT2D eigenvalue weighted by Crippen LogP contribution is 2.41. The first-order chi connectivity index (χ1) is 17.3. The molecule has 178 valence electrons. The number of allylic oxidation sites excluding steroid dienone is 1. The molecule has 0 fully saturated rings. The maximum Gasteiger partial charge on any atom is 0.159 e. The molecule has 0 N–H and O–H groups in total. The van der Waals surface area contributed by atoms with E-state index in [-0.39, 0.29) is 17.3 Å². The Kier molecular flexibility index (Phi) is 7.16. The van der Waals surface area contributed by atoms with Crippen molar-refractivity contribution in [1.82, 2.24) is 4.98 Å². The average molecular weight is 474 g/mol. The van der Waals surface area contributed by atoms with Crippen LogP contribution >= 0.6 is 0 Å². The quantitative estimate of drug-likeness (QED) is 0.258. The van der Waals surface area contributed by atoms with Crippen LogP contribution in [0, 0.1) is 0 Å². The van der Waals surface area contributed by atoms with Gasteiger partial charge in [-0.15, -0.1) is 0 Å². The molecule has 0 atom stereocenters. The molecule has 4 heteroatoms. The van der Waals surface area contributed by atoms with Crippen LogP contribution < -0.4 is 0 Å². The number of hydrogen-bond donors (Lipinski definition) is 0. The van der Waals surface area contributed by atoms with Gasteiger partial charge in [0.15, 0.2) is 17.3 Å². The highest BCUT2D eigenvalue weighted by molar-refractivity contribution is 6.03. The molecular weight excluding hydrogens is 446 g/mol. The average Bonchev–Trinajstić information content (AvgIpc) is 2.88. The van der Waals surface area contributed by atoms with Gasteiger partial charge in [0, 0.05) is 22.3 Å². The minimum atomic E-state index is -0.0552. The van der Waals surface area contributed by atoms with E-state index in [9.17, 15) is 14.4 Å². The molecule has 1 aromatic heterocycles. The van der Waals surface area contributed by atoms with Crippen LogP contribution in [0.2, 0.25) is 0 Å². The second kappa shape index (κ2) is 10.4. The van der Waals surface area contributed by atoms with Gasteiger partial charge in [-0.1, -0.05) is 60.7 Å². The summed E-state index contributed by atoms with van der Waals surface area (Å²) in [5.74, 6) is -0.0714. The van der Waals surface area contributed by atoms with Crippen LogP contribution in [-0.4, -0.2) is 22.3 Å². The van der Waals surface area contributed by atoms with Crippen LogP contribution in [0.3, 0.4) is 0 Å². The molecule has 36 heavy (non-hydrogen) atoms. The Bertz CT molecular complexity index is 1420. The van der Waals surface area contributed by atoms with E-state index in [1.54, 1.807) is 31.2 Å². The van der Waals surface area contributed by atoms with Crippen LogP contribution in [0.15, 0.2) is 84.9 Å². The first-order valence-corrected chi connectivity index (χ1v) is 11.8. The Morgan fingerprint density at radius 3 is 1.53 bits per heavy atom. The lowest BCUT2D eigenvalue weighted by molar-refractivity contribution is 0.100. The molecule has 0 aliphatic rings. The van der Waals surface area contributed by atoms with Gasteiger partial charge < -0.3 is 0 Å².